The first kappa shape index (κ1) is 14.7. The number of hydrogen-bond donors (Lipinski definition) is 1. The van der Waals surface area contributed by atoms with Gasteiger partial charge in [-0.3, -0.25) is 4.79 Å². The van der Waals surface area contributed by atoms with Crippen LogP contribution in [0.3, 0.4) is 0 Å². The van der Waals surface area contributed by atoms with Crippen LogP contribution in [0.15, 0.2) is 5.38 Å². The van der Waals surface area contributed by atoms with Gasteiger partial charge in [-0.15, -0.1) is 11.3 Å². The molecule has 4 heteroatoms. The van der Waals surface area contributed by atoms with Crippen LogP contribution in [0.4, 0.5) is 0 Å². The van der Waals surface area contributed by atoms with Crippen molar-refractivity contribution in [2.24, 2.45) is 11.7 Å². The van der Waals surface area contributed by atoms with E-state index >= 15 is 0 Å². The van der Waals surface area contributed by atoms with E-state index in [0.29, 0.717) is 12.2 Å². The Bertz CT molecular complexity index is 447. The van der Waals surface area contributed by atoms with Crippen molar-refractivity contribution in [1.82, 2.24) is 4.98 Å². The number of rotatable bonds is 3. The third-order valence-corrected chi connectivity index (χ3v) is 4.66. The maximum absolute atomic E-state index is 12.3. The summed E-state index contributed by atoms with van der Waals surface area (Å²) in [6.07, 6.45) is 4.50. The average molecular weight is 280 g/mol. The molecule has 1 aromatic rings. The molecule has 2 unspecified atom stereocenters. The summed E-state index contributed by atoms with van der Waals surface area (Å²) in [6, 6.07) is 0.212. The Balaban J connectivity index is 1.97. The number of hydrogen-bond acceptors (Lipinski definition) is 4. The first-order chi connectivity index (χ1) is 8.86. The second kappa shape index (κ2) is 5.71. The maximum Gasteiger partial charge on any atom is 0.142 e. The molecule has 19 heavy (non-hydrogen) atoms. The molecule has 1 aromatic heterocycles. The highest BCUT2D eigenvalue weighted by Crippen LogP contribution is 2.27. The van der Waals surface area contributed by atoms with Crippen molar-refractivity contribution in [1.29, 1.82) is 0 Å². The number of nitrogens with zero attached hydrogens (tertiary/aromatic N) is 1. The summed E-state index contributed by atoms with van der Waals surface area (Å²) in [5, 5.41) is 3.03. The molecule has 2 N–H and O–H groups in total. The van der Waals surface area contributed by atoms with E-state index < -0.39 is 0 Å². The molecular formula is C15H24N2OS. The van der Waals surface area contributed by atoms with Gasteiger partial charge in [0.1, 0.15) is 10.8 Å². The average Bonchev–Trinajstić information content (AvgIpc) is 2.77. The first-order valence-corrected chi connectivity index (χ1v) is 7.97. The highest BCUT2D eigenvalue weighted by Gasteiger charge is 2.26. The molecule has 1 saturated carbocycles. The Kier molecular flexibility index (Phi) is 4.41. The lowest BCUT2D eigenvalue weighted by Crippen LogP contribution is -2.32. The topological polar surface area (TPSA) is 56.0 Å². The van der Waals surface area contributed by atoms with Gasteiger partial charge in [0.25, 0.3) is 0 Å². The van der Waals surface area contributed by atoms with Gasteiger partial charge in [-0.25, -0.2) is 4.98 Å². The number of carbonyl (C=O) groups is 1. The molecule has 1 aliphatic carbocycles. The first-order valence-electron chi connectivity index (χ1n) is 7.09. The molecule has 0 bridgehead atoms. The number of ketones is 1. The highest BCUT2D eigenvalue weighted by molar-refractivity contribution is 7.09. The van der Waals surface area contributed by atoms with E-state index in [1.54, 1.807) is 11.3 Å². The highest BCUT2D eigenvalue weighted by atomic mass is 32.1. The Morgan fingerprint density at radius 2 is 2.21 bits per heavy atom. The van der Waals surface area contributed by atoms with Crippen molar-refractivity contribution < 1.29 is 4.79 Å². The van der Waals surface area contributed by atoms with Crippen LogP contribution in [0.1, 0.15) is 57.2 Å². The smallest absolute Gasteiger partial charge is 0.142 e. The summed E-state index contributed by atoms with van der Waals surface area (Å²) in [5.74, 6) is 0.482. The van der Waals surface area contributed by atoms with E-state index in [4.69, 9.17) is 5.73 Å². The number of thiazole rings is 1. The van der Waals surface area contributed by atoms with Crippen molar-refractivity contribution in [3.8, 4) is 0 Å². The monoisotopic (exact) mass is 280 g/mol. The van der Waals surface area contributed by atoms with E-state index in [-0.39, 0.29) is 17.4 Å². The van der Waals surface area contributed by atoms with Crippen LogP contribution < -0.4 is 5.73 Å². The molecule has 0 amide bonds. The Morgan fingerprint density at radius 3 is 2.79 bits per heavy atom. The van der Waals surface area contributed by atoms with E-state index in [1.807, 2.05) is 0 Å². The van der Waals surface area contributed by atoms with Crippen LogP contribution in [-0.2, 0) is 16.6 Å². The van der Waals surface area contributed by atoms with Crippen molar-refractivity contribution in [2.45, 2.75) is 64.3 Å². The van der Waals surface area contributed by atoms with Crippen LogP contribution in [0.5, 0.6) is 0 Å². The Morgan fingerprint density at radius 1 is 1.47 bits per heavy atom. The van der Waals surface area contributed by atoms with Gasteiger partial charge in [0.15, 0.2) is 0 Å². The minimum atomic E-state index is 0.0605. The lowest BCUT2D eigenvalue weighted by molar-refractivity contribution is -0.123. The molecule has 2 atom stereocenters. The Labute approximate surface area is 119 Å². The van der Waals surface area contributed by atoms with Gasteiger partial charge in [0, 0.05) is 22.8 Å². The van der Waals surface area contributed by atoms with Gasteiger partial charge in [0.2, 0.25) is 0 Å². The van der Waals surface area contributed by atoms with Crippen LogP contribution in [0.25, 0.3) is 0 Å². The summed E-state index contributed by atoms with van der Waals surface area (Å²) in [7, 11) is 0. The minimum Gasteiger partial charge on any atom is -0.328 e. The standard InChI is InChI=1S/C15H24N2OS/c1-15(2,3)13-9-19-14(17-13)8-12(18)10-5-4-6-11(16)7-10/h9-11H,4-8,16H2,1-3H3. The minimum absolute atomic E-state index is 0.0605. The molecule has 0 saturated heterocycles. The SMILES string of the molecule is CC(C)(C)c1csc(CC(=O)C2CCCC(N)C2)n1. The molecule has 3 nitrogen and oxygen atoms in total. The molecule has 1 heterocycles. The molecule has 0 spiro atoms. The van der Waals surface area contributed by atoms with E-state index in [9.17, 15) is 4.79 Å². The molecule has 2 rings (SSSR count). The number of carbonyl (C=O) groups excluding carboxylic acids is 1. The molecule has 0 aromatic carbocycles. The van der Waals surface area contributed by atoms with Crippen molar-refractivity contribution in [3.63, 3.8) is 0 Å². The third kappa shape index (κ3) is 3.86. The third-order valence-electron chi connectivity index (χ3n) is 3.82. The number of nitrogens with two attached hydrogens (primary N) is 1. The van der Waals surface area contributed by atoms with Gasteiger partial charge in [-0.2, -0.15) is 0 Å². The molecule has 0 aliphatic heterocycles. The second-order valence-electron chi connectivity index (χ2n) is 6.64. The van der Waals surface area contributed by atoms with Gasteiger partial charge in [-0.1, -0.05) is 27.2 Å². The maximum atomic E-state index is 12.3. The van der Waals surface area contributed by atoms with Gasteiger partial charge in [-0.05, 0) is 19.3 Å². The largest absolute Gasteiger partial charge is 0.328 e. The number of Topliss-reactive ketones (excluding diaryl/α,β-unsaturated/α-hetero) is 1. The zero-order valence-corrected chi connectivity index (χ0v) is 12.9. The predicted molar refractivity (Wildman–Crippen MR) is 79.5 cm³/mol. The van der Waals surface area contributed by atoms with Crippen LogP contribution in [0.2, 0.25) is 0 Å². The van der Waals surface area contributed by atoms with E-state index in [1.165, 1.54) is 0 Å². The lowest BCUT2D eigenvalue weighted by atomic mass is 9.83. The van der Waals surface area contributed by atoms with Crippen molar-refractivity contribution in [3.05, 3.63) is 16.1 Å². The summed E-state index contributed by atoms with van der Waals surface area (Å²) < 4.78 is 0. The normalized spacial score (nSPS) is 24.4. The van der Waals surface area contributed by atoms with E-state index in [2.05, 4.69) is 31.1 Å². The zero-order valence-electron chi connectivity index (χ0n) is 12.1. The second-order valence-corrected chi connectivity index (χ2v) is 7.59. The number of aromatic nitrogens is 1. The quantitative estimate of drug-likeness (QED) is 0.925. The zero-order chi connectivity index (χ0) is 14.0. The van der Waals surface area contributed by atoms with Crippen LogP contribution in [-0.4, -0.2) is 16.8 Å². The summed E-state index contributed by atoms with van der Waals surface area (Å²) in [5.41, 5.74) is 7.10. The van der Waals surface area contributed by atoms with Crippen molar-refractivity contribution >= 4 is 17.1 Å². The summed E-state index contributed by atoms with van der Waals surface area (Å²) >= 11 is 1.61. The summed E-state index contributed by atoms with van der Waals surface area (Å²) in [6.45, 7) is 6.44. The lowest BCUT2D eigenvalue weighted by Gasteiger charge is -2.25. The predicted octanol–water partition coefficient (Wildman–Crippen LogP) is 3.07. The fraction of sp³-hybridized carbons (Fsp3) is 0.733. The van der Waals surface area contributed by atoms with Gasteiger partial charge >= 0.3 is 0 Å². The van der Waals surface area contributed by atoms with Crippen LogP contribution >= 0.6 is 11.3 Å². The molecular weight excluding hydrogens is 256 g/mol. The van der Waals surface area contributed by atoms with Gasteiger partial charge in [0.05, 0.1) is 12.1 Å². The molecule has 1 fully saturated rings. The van der Waals surface area contributed by atoms with Gasteiger partial charge < -0.3 is 5.73 Å². The van der Waals surface area contributed by atoms with Crippen molar-refractivity contribution in [2.75, 3.05) is 0 Å². The molecule has 0 radical (unpaired) electrons. The molecule has 106 valence electrons. The van der Waals surface area contributed by atoms with E-state index in [0.717, 1.165) is 36.4 Å². The molecule has 1 aliphatic rings. The fourth-order valence-electron chi connectivity index (χ4n) is 2.55. The fourth-order valence-corrected chi connectivity index (χ4v) is 3.58. The summed E-state index contributed by atoms with van der Waals surface area (Å²) in [4.78, 5) is 16.9. The van der Waals surface area contributed by atoms with Crippen LogP contribution in [0, 0.1) is 5.92 Å². The Hall–Kier alpha value is -0.740.